The Morgan fingerprint density at radius 3 is 2.40 bits per heavy atom. The highest BCUT2D eigenvalue weighted by Crippen LogP contribution is 2.27. The average Bonchev–Trinajstić information content (AvgIpc) is 2.54. The number of benzene rings is 1. The Labute approximate surface area is 150 Å². The summed E-state index contributed by atoms with van der Waals surface area (Å²) in [4.78, 5) is 24.9. The van der Waals surface area contributed by atoms with Crippen molar-refractivity contribution in [2.24, 2.45) is 5.41 Å². The van der Waals surface area contributed by atoms with Crippen LogP contribution in [0.4, 0.5) is 0 Å². The number of hydrogen-bond donors (Lipinski definition) is 1. The molecule has 1 aliphatic heterocycles. The maximum Gasteiger partial charge on any atom is 0.325 e. The van der Waals surface area contributed by atoms with Gasteiger partial charge >= 0.3 is 5.97 Å². The van der Waals surface area contributed by atoms with Crippen LogP contribution in [0.3, 0.4) is 0 Å². The molecule has 1 aliphatic rings. The number of esters is 1. The second-order valence-corrected chi connectivity index (χ2v) is 7.64. The lowest BCUT2D eigenvalue weighted by atomic mass is 9.94. The van der Waals surface area contributed by atoms with Crippen molar-refractivity contribution in [2.45, 2.75) is 53.2 Å². The minimum atomic E-state index is -0.533. The van der Waals surface area contributed by atoms with Crippen LogP contribution in [0.15, 0.2) is 36.4 Å². The lowest BCUT2D eigenvalue weighted by molar-refractivity contribution is -0.156. The van der Waals surface area contributed by atoms with Gasteiger partial charge in [0.1, 0.15) is 6.04 Å². The van der Waals surface area contributed by atoms with Gasteiger partial charge in [-0.15, -0.1) is 0 Å². The Bertz CT molecular complexity index is 645. The molecule has 1 atom stereocenters. The van der Waals surface area contributed by atoms with Gasteiger partial charge < -0.3 is 4.74 Å². The van der Waals surface area contributed by atoms with E-state index in [1.807, 2.05) is 65.0 Å². The predicted octanol–water partition coefficient (Wildman–Crippen LogP) is 3.17. The van der Waals surface area contributed by atoms with Gasteiger partial charge in [-0.2, -0.15) is 0 Å². The van der Waals surface area contributed by atoms with Crippen LogP contribution in [0, 0.1) is 5.41 Å². The molecular formula is C20H28N2O3. The number of nitrogens with one attached hydrogen (secondary N) is 1. The van der Waals surface area contributed by atoms with E-state index in [1.54, 1.807) is 5.01 Å². The molecule has 0 aromatic heterocycles. The van der Waals surface area contributed by atoms with Crippen LogP contribution in [-0.4, -0.2) is 35.6 Å². The summed E-state index contributed by atoms with van der Waals surface area (Å²) in [6.07, 6.45) is 2.36. The van der Waals surface area contributed by atoms with Gasteiger partial charge in [-0.1, -0.05) is 57.2 Å². The molecule has 25 heavy (non-hydrogen) atoms. The Balaban J connectivity index is 2.23. The zero-order valence-corrected chi connectivity index (χ0v) is 15.7. The topological polar surface area (TPSA) is 58.6 Å². The third-order valence-electron chi connectivity index (χ3n) is 4.02. The first-order valence-corrected chi connectivity index (χ1v) is 8.71. The van der Waals surface area contributed by atoms with Crippen molar-refractivity contribution in [1.82, 2.24) is 10.4 Å². The molecule has 5 heteroatoms. The average molecular weight is 344 g/mol. The van der Waals surface area contributed by atoms with Crippen molar-refractivity contribution < 1.29 is 14.3 Å². The van der Waals surface area contributed by atoms with Crippen molar-refractivity contribution in [3.05, 3.63) is 42.0 Å². The zero-order valence-electron chi connectivity index (χ0n) is 15.7. The standard InChI is InChI=1S/C20H28N2O3/c1-14(2)25-18(23)17-13-16(15-9-7-6-8-10-15)11-12-22(17)21-19(24)20(3,4)5/h6-11,14,17H,12-13H2,1-5H3,(H,21,24)/t17-/m0/s1. The van der Waals surface area contributed by atoms with Crippen molar-refractivity contribution in [2.75, 3.05) is 6.54 Å². The van der Waals surface area contributed by atoms with Gasteiger partial charge in [-0.05, 0) is 25.0 Å². The summed E-state index contributed by atoms with van der Waals surface area (Å²) >= 11 is 0. The SMILES string of the molecule is CC(C)OC(=O)[C@@H]1CC(c2ccccc2)=CCN1NC(=O)C(C)(C)C. The molecule has 1 amide bonds. The van der Waals surface area contributed by atoms with Crippen LogP contribution >= 0.6 is 0 Å². The molecule has 2 rings (SSSR count). The molecule has 1 aromatic carbocycles. The summed E-state index contributed by atoms with van der Waals surface area (Å²) in [5, 5.41) is 1.69. The van der Waals surface area contributed by atoms with Crippen molar-refractivity contribution >= 4 is 17.4 Å². The van der Waals surface area contributed by atoms with E-state index in [4.69, 9.17) is 4.74 Å². The molecule has 1 aromatic rings. The fourth-order valence-electron chi connectivity index (χ4n) is 2.57. The smallest absolute Gasteiger partial charge is 0.325 e. The number of hydrogen-bond acceptors (Lipinski definition) is 4. The molecule has 0 fully saturated rings. The lowest BCUT2D eigenvalue weighted by Gasteiger charge is -2.35. The molecule has 0 bridgehead atoms. The Morgan fingerprint density at radius 2 is 1.84 bits per heavy atom. The second kappa shape index (κ2) is 7.83. The fourth-order valence-corrected chi connectivity index (χ4v) is 2.57. The van der Waals surface area contributed by atoms with Gasteiger partial charge in [0.25, 0.3) is 0 Å². The first-order chi connectivity index (χ1) is 11.7. The molecule has 1 heterocycles. The van der Waals surface area contributed by atoms with Crippen LogP contribution < -0.4 is 5.43 Å². The van der Waals surface area contributed by atoms with Crippen LogP contribution in [-0.2, 0) is 14.3 Å². The fraction of sp³-hybridized carbons (Fsp3) is 0.500. The maximum absolute atomic E-state index is 12.6. The van der Waals surface area contributed by atoms with Gasteiger partial charge in [0.05, 0.1) is 6.10 Å². The van der Waals surface area contributed by atoms with Crippen molar-refractivity contribution in [1.29, 1.82) is 0 Å². The van der Waals surface area contributed by atoms with E-state index in [1.165, 1.54) is 0 Å². The van der Waals surface area contributed by atoms with E-state index < -0.39 is 11.5 Å². The van der Waals surface area contributed by atoms with E-state index in [-0.39, 0.29) is 18.0 Å². The van der Waals surface area contributed by atoms with Crippen LogP contribution in [0.25, 0.3) is 5.57 Å². The third-order valence-corrected chi connectivity index (χ3v) is 4.02. The highest BCUT2D eigenvalue weighted by atomic mass is 16.5. The number of carbonyl (C=O) groups excluding carboxylic acids is 2. The second-order valence-electron chi connectivity index (χ2n) is 7.64. The Morgan fingerprint density at radius 1 is 1.20 bits per heavy atom. The molecule has 0 saturated heterocycles. The third kappa shape index (κ3) is 5.16. The van der Waals surface area contributed by atoms with Gasteiger partial charge in [-0.3, -0.25) is 15.0 Å². The number of hydrazine groups is 1. The summed E-state index contributed by atoms with van der Waals surface area (Å²) in [7, 11) is 0. The van der Waals surface area contributed by atoms with E-state index in [0.717, 1.165) is 11.1 Å². The first-order valence-electron chi connectivity index (χ1n) is 8.71. The largest absolute Gasteiger partial charge is 0.462 e. The maximum atomic E-state index is 12.6. The van der Waals surface area contributed by atoms with Crippen LogP contribution in [0.5, 0.6) is 0 Å². The number of amides is 1. The van der Waals surface area contributed by atoms with E-state index in [9.17, 15) is 9.59 Å². The highest BCUT2D eigenvalue weighted by Gasteiger charge is 2.34. The predicted molar refractivity (Wildman–Crippen MR) is 98.4 cm³/mol. The number of carbonyl (C=O) groups is 2. The highest BCUT2D eigenvalue weighted by molar-refractivity contribution is 5.84. The molecule has 0 saturated carbocycles. The summed E-state index contributed by atoms with van der Waals surface area (Å²) in [6, 6.07) is 9.44. The summed E-state index contributed by atoms with van der Waals surface area (Å²) in [6.45, 7) is 9.65. The monoisotopic (exact) mass is 344 g/mol. The molecule has 0 spiro atoms. The quantitative estimate of drug-likeness (QED) is 0.853. The normalized spacial score (nSPS) is 18.6. The molecule has 0 radical (unpaired) electrons. The lowest BCUT2D eigenvalue weighted by Crippen LogP contribution is -2.56. The molecule has 1 N–H and O–H groups in total. The molecule has 0 unspecified atom stereocenters. The molecule has 0 aliphatic carbocycles. The Hall–Kier alpha value is -2.14. The van der Waals surface area contributed by atoms with Crippen LogP contribution in [0.1, 0.15) is 46.6 Å². The van der Waals surface area contributed by atoms with Crippen molar-refractivity contribution in [3.63, 3.8) is 0 Å². The van der Waals surface area contributed by atoms with E-state index in [0.29, 0.717) is 13.0 Å². The summed E-state index contributed by atoms with van der Waals surface area (Å²) < 4.78 is 5.41. The van der Waals surface area contributed by atoms with E-state index in [2.05, 4.69) is 11.5 Å². The minimum absolute atomic E-state index is 0.119. The van der Waals surface area contributed by atoms with Crippen LogP contribution in [0.2, 0.25) is 0 Å². The Kier molecular flexibility index (Phi) is 6.01. The number of ether oxygens (including phenoxy) is 1. The van der Waals surface area contributed by atoms with E-state index >= 15 is 0 Å². The minimum Gasteiger partial charge on any atom is -0.462 e. The van der Waals surface area contributed by atoms with Gasteiger partial charge in [0.2, 0.25) is 5.91 Å². The van der Waals surface area contributed by atoms with Crippen molar-refractivity contribution in [3.8, 4) is 0 Å². The molecule has 5 nitrogen and oxygen atoms in total. The molecular weight excluding hydrogens is 316 g/mol. The zero-order chi connectivity index (χ0) is 18.6. The summed E-state index contributed by atoms with van der Waals surface area (Å²) in [5.41, 5.74) is 4.53. The van der Waals surface area contributed by atoms with Gasteiger partial charge in [-0.25, -0.2) is 5.01 Å². The van der Waals surface area contributed by atoms with Gasteiger partial charge in [0.15, 0.2) is 0 Å². The van der Waals surface area contributed by atoms with Gasteiger partial charge in [0, 0.05) is 18.4 Å². The number of nitrogens with zero attached hydrogens (tertiary/aromatic N) is 1. The first kappa shape index (κ1) is 19.2. The molecule has 136 valence electrons. The number of rotatable bonds is 4. The summed E-state index contributed by atoms with van der Waals surface area (Å²) in [5.74, 6) is -0.433.